The number of imidazole rings is 1. The van der Waals surface area contributed by atoms with Crippen LogP contribution >= 0.6 is 11.6 Å². The molecule has 0 atom stereocenters. The summed E-state index contributed by atoms with van der Waals surface area (Å²) in [4.78, 5) is 4.68. The molecule has 1 heterocycles. The molecule has 0 spiro atoms. The third-order valence-electron chi connectivity index (χ3n) is 4.48. The number of benzene rings is 2. The van der Waals surface area contributed by atoms with Gasteiger partial charge in [0.2, 0.25) is 0 Å². The topological polar surface area (TPSA) is 53.1 Å². The lowest BCUT2D eigenvalue weighted by molar-refractivity contribution is 0.303. The number of halogens is 1. The van der Waals surface area contributed by atoms with Crippen LogP contribution in [0.4, 0.5) is 0 Å². The number of hydrogen-bond acceptors (Lipinski definition) is 3. The molecular formula is C20H24ClN3O. The number of rotatable bonds is 7. The summed E-state index contributed by atoms with van der Waals surface area (Å²) >= 11 is 5.88. The van der Waals surface area contributed by atoms with Crippen molar-refractivity contribution in [3.8, 4) is 5.75 Å². The average molecular weight is 358 g/mol. The molecule has 132 valence electrons. The SMILES string of the molecule is Cc1cc2nc(CN)n(CCCCOc3ccc(Cl)cc3)c2cc1C. The first-order chi connectivity index (χ1) is 12.1. The molecule has 1 aromatic heterocycles. The molecule has 2 N–H and O–H groups in total. The molecule has 0 aliphatic carbocycles. The van der Waals surface area contributed by atoms with Gasteiger partial charge in [0.05, 0.1) is 24.2 Å². The second-order valence-electron chi connectivity index (χ2n) is 6.32. The fraction of sp³-hybridized carbons (Fsp3) is 0.350. The number of nitrogens with two attached hydrogens (primary N) is 1. The minimum atomic E-state index is 0.452. The van der Waals surface area contributed by atoms with Crippen molar-refractivity contribution in [1.82, 2.24) is 9.55 Å². The second-order valence-corrected chi connectivity index (χ2v) is 6.75. The molecule has 25 heavy (non-hydrogen) atoms. The quantitative estimate of drug-likeness (QED) is 0.627. The number of aryl methyl sites for hydroxylation is 3. The summed E-state index contributed by atoms with van der Waals surface area (Å²) in [5.74, 6) is 1.80. The van der Waals surface area contributed by atoms with E-state index in [1.165, 1.54) is 16.6 Å². The van der Waals surface area contributed by atoms with Crippen LogP contribution in [-0.2, 0) is 13.1 Å². The van der Waals surface area contributed by atoms with Crippen LogP contribution in [0, 0.1) is 13.8 Å². The molecule has 0 saturated heterocycles. The minimum Gasteiger partial charge on any atom is -0.494 e. The molecule has 0 unspecified atom stereocenters. The molecule has 0 aliphatic rings. The molecule has 0 radical (unpaired) electrons. The van der Waals surface area contributed by atoms with Gasteiger partial charge in [0, 0.05) is 11.6 Å². The van der Waals surface area contributed by atoms with Crippen molar-refractivity contribution in [3.05, 3.63) is 58.4 Å². The molecule has 3 aromatic rings. The zero-order chi connectivity index (χ0) is 17.8. The summed E-state index contributed by atoms with van der Waals surface area (Å²) in [5.41, 5.74) is 10.6. The van der Waals surface area contributed by atoms with Gasteiger partial charge in [0.15, 0.2) is 0 Å². The Labute approximate surface area is 153 Å². The Hall–Kier alpha value is -2.04. The fourth-order valence-electron chi connectivity index (χ4n) is 2.93. The van der Waals surface area contributed by atoms with Crippen LogP contribution in [0.5, 0.6) is 5.75 Å². The molecule has 5 heteroatoms. The van der Waals surface area contributed by atoms with Gasteiger partial charge in [-0.05, 0) is 74.2 Å². The Kier molecular flexibility index (Phi) is 5.61. The number of nitrogens with zero attached hydrogens (tertiary/aromatic N) is 2. The van der Waals surface area contributed by atoms with Crippen LogP contribution in [0.15, 0.2) is 36.4 Å². The Morgan fingerprint density at radius 2 is 1.80 bits per heavy atom. The van der Waals surface area contributed by atoms with Gasteiger partial charge in [-0.1, -0.05) is 11.6 Å². The van der Waals surface area contributed by atoms with Crippen LogP contribution in [0.2, 0.25) is 5.02 Å². The van der Waals surface area contributed by atoms with Crippen molar-refractivity contribution in [2.45, 2.75) is 39.8 Å². The van der Waals surface area contributed by atoms with Crippen molar-refractivity contribution in [3.63, 3.8) is 0 Å². The highest BCUT2D eigenvalue weighted by atomic mass is 35.5. The zero-order valence-corrected chi connectivity index (χ0v) is 15.5. The first-order valence-corrected chi connectivity index (χ1v) is 9.01. The van der Waals surface area contributed by atoms with Crippen molar-refractivity contribution in [1.29, 1.82) is 0 Å². The first-order valence-electron chi connectivity index (χ1n) is 8.63. The molecular weight excluding hydrogens is 334 g/mol. The summed E-state index contributed by atoms with van der Waals surface area (Å²) in [6, 6.07) is 11.8. The second kappa shape index (κ2) is 7.89. The summed E-state index contributed by atoms with van der Waals surface area (Å²) < 4.78 is 7.99. The maximum atomic E-state index is 5.89. The van der Waals surface area contributed by atoms with Gasteiger partial charge in [-0.15, -0.1) is 0 Å². The smallest absolute Gasteiger partial charge is 0.123 e. The first kappa shape index (κ1) is 17.8. The Bertz CT molecular complexity index is 855. The standard InChI is InChI=1S/C20H24ClN3O/c1-14-11-18-19(12-15(14)2)24(20(13-22)23-18)9-3-4-10-25-17-7-5-16(21)6-8-17/h5-8,11-12H,3-4,9-10,13,22H2,1-2H3. The molecule has 0 amide bonds. The fourth-order valence-corrected chi connectivity index (χ4v) is 3.05. The predicted octanol–water partition coefficient (Wildman–Crippen LogP) is 4.62. The highest BCUT2D eigenvalue weighted by molar-refractivity contribution is 6.30. The lowest BCUT2D eigenvalue weighted by Crippen LogP contribution is -2.09. The normalized spacial score (nSPS) is 11.2. The molecule has 3 rings (SSSR count). The molecule has 2 aromatic carbocycles. The molecule has 0 aliphatic heterocycles. The summed E-state index contributed by atoms with van der Waals surface area (Å²) in [5, 5.41) is 0.721. The van der Waals surface area contributed by atoms with Crippen molar-refractivity contribution < 1.29 is 4.74 Å². The van der Waals surface area contributed by atoms with E-state index in [4.69, 9.17) is 22.1 Å². The number of fused-ring (bicyclic) bond motifs is 1. The average Bonchev–Trinajstić information content (AvgIpc) is 2.93. The third kappa shape index (κ3) is 4.14. The van der Waals surface area contributed by atoms with Gasteiger partial charge in [0.25, 0.3) is 0 Å². The largest absolute Gasteiger partial charge is 0.494 e. The van der Waals surface area contributed by atoms with E-state index in [1.807, 2.05) is 24.3 Å². The molecule has 4 nitrogen and oxygen atoms in total. The van der Waals surface area contributed by atoms with E-state index in [9.17, 15) is 0 Å². The Morgan fingerprint density at radius 1 is 1.08 bits per heavy atom. The lowest BCUT2D eigenvalue weighted by Gasteiger charge is -2.10. The van der Waals surface area contributed by atoms with Crippen LogP contribution in [0.1, 0.15) is 29.8 Å². The van der Waals surface area contributed by atoms with Crippen molar-refractivity contribution in [2.24, 2.45) is 5.73 Å². The van der Waals surface area contributed by atoms with Gasteiger partial charge in [-0.2, -0.15) is 0 Å². The van der Waals surface area contributed by atoms with Crippen LogP contribution in [0.3, 0.4) is 0 Å². The number of hydrogen-bond donors (Lipinski definition) is 1. The maximum Gasteiger partial charge on any atom is 0.123 e. The van der Waals surface area contributed by atoms with Crippen molar-refractivity contribution >= 4 is 22.6 Å². The van der Waals surface area contributed by atoms with E-state index in [0.29, 0.717) is 13.2 Å². The number of unbranched alkanes of at least 4 members (excludes halogenated alkanes) is 1. The molecule has 0 saturated carbocycles. The van der Waals surface area contributed by atoms with E-state index in [1.54, 1.807) is 0 Å². The highest BCUT2D eigenvalue weighted by Crippen LogP contribution is 2.21. The van der Waals surface area contributed by atoms with Gasteiger partial charge >= 0.3 is 0 Å². The zero-order valence-electron chi connectivity index (χ0n) is 14.8. The third-order valence-corrected chi connectivity index (χ3v) is 4.74. The van der Waals surface area contributed by atoms with Gasteiger partial charge in [-0.3, -0.25) is 0 Å². The number of aromatic nitrogens is 2. The van der Waals surface area contributed by atoms with E-state index in [0.717, 1.165) is 41.5 Å². The van der Waals surface area contributed by atoms with E-state index in [2.05, 4.69) is 35.5 Å². The predicted molar refractivity (Wildman–Crippen MR) is 103 cm³/mol. The van der Waals surface area contributed by atoms with Gasteiger partial charge in [0.1, 0.15) is 11.6 Å². The summed E-state index contributed by atoms with van der Waals surface area (Å²) in [6.07, 6.45) is 1.98. The monoisotopic (exact) mass is 357 g/mol. The van der Waals surface area contributed by atoms with Crippen LogP contribution in [0.25, 0.3) is 11.0 Å². The molecule has 0 bridgehead atoms. The van der Waals surface area contributed by atoms with E-state index < -0.39 is 0 Å². The Morgan fingerprint density at radius 3 is 2.52 bits per heavy atom. The molecule has 0 fully saturated rings. The summed E-state index contributed by atoms with van der Waals surface area (Å²) in [7, 11) is 0. The number of ether oxygens (including phenoxy) is 1. The van der Waals surface area contributed by atoms with E-state index >= 15 is 0 Å². The minimum absolute atomic E-state index is 0.452. The van der Waals surface area contributed by atoms with Gasteiger partial charge < -0.3 is 15.0 Å². The Balaban J connectivity index is 1.60. The van der Waals surface area contributed by atoms with Crippen LogP contribution < -0.4 is 10.5 Å². The maximum absolute atomic E-state index is 5.89. The van der Waals surface area contributed by atoms with Crippen LogP contribution in [-0.4, -0.2) is 16.2 Å². The van der Waals surface area contributed by atoms with Gasteiger partial charge in [-0.25, -0.2) is 4.98 Å². The highest BCUT2D eigenvalue weighted by Gasteiger charge is 2.10. The summed E-state index contributed by atoms with van der Waals surface area (Å²) in [6.45, 7) is 6.28. The van der Waals surface area contributed by atoms with E-state index in [-0.39, 0.29) is 0 Å². The van der Waals surface area contributed by atoms with Crippen molar-refractivity contribution in [2.75, 3.05) is 6.61 Å². The lowest BCUT2D eigenvalue weighted by atomic mass is 10.1.